The number of fused-ring (bicyclic) bond motifs is 6. The second-order valence-corrected chi connectivity index (χ2v) is 11.9. The highest BCUT2D eigenvalue weighted by atomic mass is 32.1. The zero-order valence-corrected chi connectivity index (χ0v) is 26.2. The lowest BCUT2D eigenvalue weighted by Gasteiger charge is -2.25. The van der Waals surface area contributed by atoms with Crippen LogP contribution < -0.4 is 20.9 Å². The van der Waals surface area contributed by atoms with E-state index in [0.29, 0.717) is 90.6 Å². The van der Waals surface area contributed by atoms with Gasteiger partial charge >= 0.3 is 0 Å². The molecule has 1 aromatic carbocycles. The van der Waals surface area contributed by atoms with Crippen molar-refractivity contribution in [3.63, 3.8) is 0 Å². The first-order chi connectivity index (χ1) is 21.5. The van der Waals surface area contributed by atoms with Crippen LogP contribution in [0.3, 0.4) is 0 Å². The molecule has 0 fully saturated rings. The topological polar surface area (TPSA) is 128 Å². The van der Waals surface area contributed by atoms with Gasteiger partial charge in [-0.1, -0.05) is 6.07 Å². The van der Waals surface area contributed by atoms with E-state index in [9.17, 15) is 9.59 Å². The van der Waals surface area contributed by atoms with Crippen LogP contribution in [0.25, 0.3) is 52.5 Å². The Labute approximate surface area is 258 Å². The van der Waals surface area contributed by atoms with Gasteiger partial charge in [-0.15, -0.1) is 22.7 Å². The van der Waals surface area contributed by atoms with E-state index in [0.717, 1.165) is 0 Å². The normalized spacial score (nSPS) is 11.7. The van der Waals surface area contributed by atoms with Gasteiger partial charge in [0.1, 0.15) is 41.1 Å². The van der Waals surface area contributed by atoms with Crippen LogP contribution in [0.15, 0.2) is 58.6 Å². The molecule has 0 atom stereocenters. The first-order valence-corrected chi connectivity index (χ1v) is 16.0. The van der Waals surface area contributed by atoms with Crippen molar-refractivity contribution in [2.45, 2.75) is 27.7 Å². The molecule has 14 heteroatoms. The van der Waals surface area contributed by atoms with Crippen LogP contribution in [-0.4, -0.2) is 65.2 Å². The number of anilines is 2. The lowest BCUT2D eigenvalue weighted by atomic mass is 10.2. The number of aromatic nitrogens is 8. The molecule has 6 aromatic heterocycles. The summed E-state index contributed by atoms with van der Waals surface area (Å²) in [5.74, 6) is 1.00. The van der Waals surface area contributed by atoms with Crippen LogP contribution in [0.2, 0.25) is 0 Å². The summed E-state index contributed by atoms with van der Waals surface area (Å²) < 4.78 is 4.19. The molecule has 0 aliphatic rings. The molecule has 7 aromatic rings. The summed E-state index contributed by atoms with van der Waals surface area (Å²) in [7, 11) is 0. The maximum Gasteiger partial charge on any atom is 0.277 e. The Bertz CT molecular complexity index is 2160. The second-order valence-electron chi connectivity index (χ2n) is 9.95. The number of hydrogen-bond donors (Lipinski definition) is 0. The third-order valence-corrected chi connectivity index (χ3v) is 9.79. The lowest BCUT2D eigenvalue weighted by molar-refractivity contribution is 0.781. The minimum absolute atomic E-state index is 0.217. The number of benzene rings is 1. The van der Waals surface area contributed by atoms with Crippen molar-refractivity contribution in [3.05, 3.63) is 69.8 Å². The molecule has 12 nitrogen and oxygen atoms in total. The van der Waals surface area contributed by atoms with Crippen LogP contribution in [0.4, 0.5) is 11.9 Å². The highest BCUT2D eigenvalue weighted by molar-refractivity contribution is 7.25. The van der Waals surface area contributed by atoms with E-state index in [1.807, 2.05) is 61.8 Å². The zero-order chi connectivity index (χ0) is 30.5. The minimum atomic E-state index is -0.217. The fraction of sp³-hybridized carbons (Fsp3) is 0.267. The third-order valence-electron chi connectivity index (χ3n) is 7.66. The van der Waals surface area contributed by atoms with Crippen LogP contribution in [-0.2, 0) is 0 Å². The number of nitrogens with zero attached hydrogens (tertiary/aromatic N) is 10. The zero-order valence-electron chi connectivity index (χ0n) is 24.6. The Kier molecular flexibility index (Phi) is 7.01. The van der Waals surface area contributed by atoms with E-state index in [4.69, 9.17) is 9.97 Å². The molecule has 0 saturated carbocycles. The smallest absolute Gasteiger partial charge is 0.277 e. The summed E-state index contributed by atoms with van der Waals surface area (Å²) in [6, 6.07) is 7.41. The third kappa shape index (κ3) is 4.24. The molecule has 7 rings (SSSR count). The van der Waals surface area contributed by atoms with Crippen LogP contribution in [0.5, 0.6) is 0 Å². The van der Waals surface area contributed by atoms with Crippen LogP contribution in [0, 0.1) is 0 Å². The van der Waals surface area contributed by atoms with Gasteiger partial charge in [-0.05, 0) is 45.9 Å². The molecule has 0 bridgehead atoms. The van der Waals surface area contributed by atoms with Gasteiger partial charge < -0.3 is 9.80 Å². The second kappa shape index (κ2) is 11.0. The van der Waals surface area contributed by atoms with E-state index in [1.54, 1.807) is 33.9 Å². The molecule has 6 heterocycles. The van der Waals surface area contributed by atoms with Crippen molar-refractivity contribution in [1.29, 1.82) is 0 Å². The molecule has 0 N–H and O–H groups in total. The largest absolute Gasteiger partial charge is 0.342 e. The Balaban J connectivity index is 1.52. The van der Waals surface area contributed by atoms with Crippen molar-refractivity contribution in [2.24, 2.45) is 0 Å². The molecule has 0 unspecified atom stereocenters. The number of hydrogen-bond acceptors (Lipinski definition) is 12. The summed E-state index contributed by atoms with van der Waals surface area (Å²) in [5.41, 5.74) is 3.04. The standard InChI is InChI=1S/C30H28N10O2S2/c1-5-37(6-2)29-35-19-21-25(33-14-12-31-21)43-23(19)27(41)39(29)17-10-9-11-18(16-17)40-28(42)24-20(36-30(40)38(7-3)8-4)22-26(44-24)34-15-13-32-22/h9-16H,5-8H2,1-4H3. The van der Waals surface area contributed by atoms with Crippen LogP contribution in [0.1, 0.15) is 27.7 Å². The van der Waals surface area contributed by atoms with Crippen molar-refractivity contribution >= 4 is 75.7 Å². The SMILES string of the molecule is CCN(CC)c1nc2c(sc3nccnc32)c(=O)n1-c1cccc(-n2c(N(CC)CC)nc3c(sc4nccnc43)c2=O)c1. The van der Waals surface area contributed by atoms with Crippen molar-refractivity contribution in [2.75, 3.05) is 36.0 Å². The number of thiophene rings is 2. The van der Waals surface area contributed by atoms with E-state index in [2.05, 4.69) is 19.9 Å². The molecule has 222 valence electrons. The summed E-state index contributed by atoms with van der Waals surface area (Å²) in [6.45, 7) is 10.7. The van der Waals surface area contributed by atoms with Gasteiger partial charge in [0.05, 0.1) is 11.4 Å². The maximum absolute atomic E-state index is 14.3. The van der Waals surface area contributed by atoms with Gasteiger partial charge in [0.2, 0.25) is 11.9 Å². The predicted molar refractivity (Wildman–Crippen MR) is 177 cm³/mol. The van der Waals surface area contributed by atoms with Gasteiger partial charge in [-0.2, -0.15) is 0 Å². The molecule has 0 amide bonds. The van der Waals surface area contributed by atoms with E-state index < -0.39 is 0 Å². The fourth-order valence-electron chi connectivity index (χ4n) is 5.49. The van der Waals surface area contributed by atoms with Crippen LogP contribution >= 0.6 is 22.7 Å². The van der Waals surface area contributed by atoms with Crippen molar-refractivity contribution in [1.82, 2.24) is 39.0 Å². The summed E-state index contributed by atoms with van der Waals surface area (Å²) in [6.07, 6.45) is 6.45. The molecule has 0 aliphatic heterocycles. The Morgan fingerprint density at radius 1 is 0.614 bits per heavy atom. The van der Waals surface area contributed by atoms with Gasteiger partial charge in [0, 0.05) is 51.0 Å². The molecule has 0 spiro atoms. The molecule has 0 radical (unpaired) electrons. The quantitative estimate of drug-likeness (QED) is 0.233. The first-order valence-electron chi connectivity index (χ1n) is 14.4. The van der Waals surface area contributed by atoms with E-state index in [-0.39, 0.29) is 11.1 Å². The van der Waals surface area contributed by atoms with Gasteiger partial charge in [0.25, 0.3) is 11.1 Å². The Morgan fingerprint density at radius 2 is 1.02 bits per heavy atom. The fourth-order valence-corrected chi connectivity index (χ4v) is 7.43. The molecular formula is C30H28N10O2S2. The maximum atomic E-state index is 14.3. The van der Waals surface area contributed by atoms with Gasteiger partial charge in [-0.3, -0.25) is 9.59 Å². The highest BCUT2D eigenvalue weighted by Gasteiger charge is 2.24. The first kappa shape index (κ1) is 28.0. The van der Waals surface area contributed by atoms with E-state index in [1.165, 1.54) is 22.7 Å². The summed E-state index contributed by atoms with van der Waals surface area (Å²) in [5, 5.41) is 0. The molecular weight excluding hydrogens is 597 g/mol. The van der Waals surface area contributed by atoms with Gasteiger partial charge in [-0.25, -0.2) is 39.0 Å². The van der Waals surface area contributed by atoms with Gasteiger partial charge in [0.15, 0.2) is 0 Å². The minimum Gasteiger partial charge on any atom is -0.342 e. The summed E-state index contributed by atoms with van der Waals surface area (Å²) in [4.78, 5) is 61.7. The Morgan fingerprint density at radius 3 is 1.43 bits per heavy atom. The van der Waals surface area contributed by atoms with Crippen molar-refractivity contribution < 1.29 is 0 Å². The van der Waals surface area contributed by atoms with Crippen molar-refractivity contribution in [3.8, 4) is 11.4 Å². The highest BCUT2D eigenvalue weighted by Crippen LogP contribution is 2.32. The average molecular weight is 625 g/mol. The Hall–Kier alpha value is -4.82. The summed E-state index contributed by atoms with van der Waals surface area (Å²) >= 11 is 2.56. The lowest BCUT2D eigenvalue weighted by Crippen LogP contribution is -2.33. The molecule has 0 aliphatic carbocycles. The number of rotatable bonds is 8. The molecule has 44 heavy (non-hydrogen) atoms. The predicted octanol–water partition coefficient (Wildman–Crippen LogP) is 4.79. The monoisotopic (exact) mass is 624 g/mol. The molecule has 0 saturated heterocycles. The average Bonchev–Trinajstić information content (AvgIpc) is 3.62. The van der Waals surface area contributed by atoms with E-state index >= 15 is 0 Å².